The van der Waals surface area contributed by atoms with Gasteiger partial charge in [0.25, 0.3) is 0 Å². The zero-order valence-electron chi connectivity index (χ0n) is 18.0. The van der Waals surface area contributed by atoms with Gasteiger partial charge in [-0.3, -0.25) is 4.90 Å². The Balaban J connectivity index is 0.00000341. The highest BCUT2D eigenvalue weighted by Crippen LogP contribution is 2.23. The smallest absolute Gasteiger partial charge is 0.363 e. The predicted molar refractivity (Wildman–Crippen MR) is 130 cm³/mol. The molecule has 1 aliphatic rings. The van der Waals surface area contributed by atoms with Gasteiger partial charge in [-0.25, -0.2) is 9.98 Å². The second-order valence-corrected chi connectivity index (χ2v) is 7.73. The highest BCUT2D eigenvalue weighted by Gasteiger charge is 2.34. The topological polar surface area (TPSA) is 55.8 Å². The Morgan fingerprint density at radius 3 is 2.71 bits per heavy atom. The number of nitrogens with one attached hydrogen (secondary N) is 2. The minimum Gasteiger partial charge on any atom is -0.363 e. The van der Waals surface area contributed by atoms with Crippen LogP contribution in [0, 0.1) is 0 Å². The molecule has 1 aromatic carbocycles. The molecule has 10 heteroatoms. The van der Waals surface area contributed by atoms with Crippen LogP contribution in [0.5, 0.6) is 0 Å². The molecule has 1 fully saturated rings. The van der Waals surface area contributed by atoms with Crippen molar-refractivity contribution in [2.75, 3.05) is 45.2 Å². The average Bonchev–Trinajstić information content (AvgIpc) is 3.10. The van der Waals surface area contributed by atoms with E-state index in [-0.39, 0.29) is 30.0 Å². The summed E-state index contributed by atoms with van der Waals surface area (Å²) in [5.41, 5.74) is 1.96. The zero-order chi connectivity index (χ0) is 21.7. The maximum Gasteiger partial charge on any atom is 0.401 e. The lowest BCUT2D eigenvalue weighted by molar-refractivity contribution is -0.143. The molecule has 0 saturated carbocycles. The van der Waals surface area contributed by atoms with Crippen molar-refractivity contribution < 1.29 is 13.2 Å². The third-order valence-corrected chi connectivity index (χ3v) is 5.01. The van der Waals surface area contributed by atoms with Crippen LogP contribution in [0.3, 0.4) is 0 Å². The summed E-state index contributed by atoms with van der Waals surface area (Å²) in [7, 11) is 3.89. The summed E-state index contributed by atoms with van der Waals surface area (Å²) in [5.74, 6) is 1.47. The summed E-state index contributed by atoms with van der Waals surface area (Å²) in [6, 6.07) is 9.91. The molecule has 0 radical (unpaired) electrons. The molecule has 0 amide bonds. The van der Waals surface area contributed by atoms with Gasteiger partial charge in [-0.15, -0.1) is 24.0 Å². The molecule has 172 valence electrons. The maximum atomic E-state index is 12.6. The Labute approximate surface area is 198 Å². The zero-order valence-corrected chi connectivity index (χ0v) is 20.4. The minimum absolute atomic E-state index is 0. The number of likely N-dealkylation sites (tertiary alicyclic amines) is 1. The van der Waals surface area contributed by atoms with Crippen LogP contribution in [-0.4, -0.2) is 68.3 Å². The molecule has 1 atom stereocenters. The maximum absolute atomic E-state index is 12.6. The van der Waals surface area contributed by atoms with Crippen molar-refractivity contribution in [1.29, 1.82) is 0 Å². The first kappa shape index (κ1) is 25.4. The number of alkyl halides is 3. The lowest BCUT2D eigenvalue weighted by Crippen LogP contribution is -2.45. The average molecular weight is 550 g/mol. The van der Waals surface area contributed by atoms with Gasteiger partial charge in [-0.05, 0) is 31.0 Å². The van der Waals surface area contributed by atoms with E-state index < -0.39 is 12.7 Å². The number of aliphatic imine (C=N–C) groups is 1. The first-order valence-corrected chi connectivity index (χ1v) is 10.1. The van der Waals surface area contributed by atoms with Crippen molar-refractivity contribution in [2.45, 2.75) is 32.1 Å². The SMILES string of the molecule is CCNC(=NCc1cc(N(C)C)nc2ccccc12)NC1CCN(CC(F)(F)F)C1.I. The van der Waals surface area contributed by atoms with Crippen LogP contribution in [0.15, 0.2) is 35.3 Å². The van der Waals surface area contributed by atoms with E-state index in [1.807, 2.05) is 56.3 Å². The molecule has 1 saturated heterocycles. The van der Waals surface area contributed by atoms with E-state index in [0.29, 0.717) is 38.6 Å². The van der Waals surface area contributed by atoms with Gasteiger partial charge in [-0.1, -0.05) is 18.2 Å². The Bertz CT molecular complexity index is 887. The van der Waals surface area contributed by atoms with Gasteiger partial charge in [0.2, 0.25) is 0 Å². The summed E-state index contributed by atoms with van der Waals surface area (Å²) >= 11 is 0. The number of nitrogens with zero attached hydrogens (tertiary/aromatic N) is 4. The molecular formula is C21H30F3IN6. The number of guanidine groups is 1. The van der Waals surface area contributed by atoms with Gasteiger partial charge < -0.3 is 15.5 Å². The molecule has 2 heterocycles. The van der Waals surface area contributed by atoms with Crippen molar-refractivity contribution in [3.8, 4) is 0 Å². The molecule has 0 aliphatic carbocycles. The number of pyridine rings is 1. The highest BCUT2D eigenvalue weighted by atomic mass is 127. The van der Waals surface area contributed by atoms with Crippen LogP contribution in [0.2, 0.25) is 0 Å². The van der Waals surface area contributed by atoms with Gasteiger partial charge in [-0.2, -0.15) is 13.2 Å². The molecule has 3 rings (SSSR count). The number of hydrogen-bond donors (Lipinski definition) is 2. The van der Waals surface area contributed by atoms with Crippen LogP contribution < -0.4 is 15.5 Å². The van der Waals surface area contributed by atoms with Gasteiger partial charge in [0.05, 0.1) is 18.6 Å². The summed E-state index contributed by atoms with van der Waals surface area (Å²) in [5, 5.41) is 7.53. The van der Waals surface area contributed by atoms with Crippen LogP contribution >= 0.6 is 24.0 Å². The minimum atomic E-state index is -4.17. The Hall–Kier alpha value is -1.82. The Kier molecular flexibility index (Phi) is 9.16. The van der Waals surface area contributed by atoms with E-state index in [1.54, 1.807) is 0 Å². The molecule has 0 spiro atoms. The quantitative estimate of drug-likeness (QED) is 0.327. The molecule has 1 aromatic heterocycles. The number of hydrogen-bond acceptors (Lipinski definition) is 4. The molecule has 2 aromatic rings. The molecule has 1 unspecified atom stereocenters. The van der Waals surface area contributed by atoms with Crippen molar-refractivity contribution in [1.82, 2.24) is 20.5 Å². The fourth-order valence-electron chi connectivity index (χ4n) is 3.62. The fourth-order valence-corrected chi connectivity index (χ4v) is 3.62. The summed E-state index contributed by atoms with van der Waals surface area (Å²) in [4.78, 5) is 12.8. The second-order valence-electron chi connectivity index (χ2n) is 7.73. The molecule has 31 heavy (non-hydrogen) atoms. The second kappa shape index (κ2) is 11.2. The first-order chi connectivity index (χ1) is 14.2. The van der Waals surface area contributed by atoms with Gasteiger partial charge in [0.1, 0.15) is 5.82 Å². The Morgan fingerprint density at radius 2 is 2.03 bits per heavy atom. The van der Waals surface area contributed by atoms with Crippen molar-refractivity contribution >= 4 is 46.7 Å². The third kappa shape index (κ3) is 7.37. The van der Waals surface area contributed by atoms with E-state index in [2.05, 4.69) is 15.6 Å². The third-order valence-electron chi connectivity index (χ3n) is 5.01. The van der Waals surface area contributed by atoms with Crippen molar-refractivity contribution in [3.05, 3.63) is 35.9 Å². The number of rotatable bonds is 6. The largest absolute Gasteiger partial charge is 0.401 e. The lowest BCUT2D eigenvalue weighted by Gasteiger charge is -2.20. The number of anilines is 1. The lowest BCUT2D eigenvalue weighted by atomic mass is 10.1. The Morgan fingerprint density at radius 1 is 1.29 bits per heavy atom. The predicted octanol–water partition coefficient (Wildman–Crippen LogP) is 3.61. The monoisotopic (exact) mass is 550 g/mol. The van der Waals surface area contributed by atoms with Gasteiger partial charge in [0.15, 0.2) is 5.96 Å². The first-order valence-electron chi connectivity index (χ1n) is 10.1. The highest BCUT2D eigenvalue weighted by molar-refractivity contribution is 14.0. The van der Waals surface area contributed by atoms with Crippen LogP contribution in [0.4, 0.5) is 19.0 Å². The summed E-state index contributed by atoms with van der Waals surface area (Å²) in [6.07, 6.45) is -3.51. The molecular weight excluding hydrogens is 520 g/mol. The number of benzene rings is 1. The van der Waals surface area contributed by atoms with E-state index in [1.165, 1.54) is 4.90 Å². The van der Waals surface area contributed by atoms with Crippen LogP contribution in [0.25, 0.3) is 10.9 Å². The standard InChI is InChI=1S/C21H29F3N6.HI/c1-4-25-20(27-16-9-10-30(13-16)14-21(22,23)24)26-12-15-11-19(29(2)3)28-18-8-6-5-7-17(15)18;/h5-8,11,16H,4,9-10,12-14H2,1-3H3,(H2,25,26,27);1H. The van der Waals surface area contributed by atoms with E-state index >= 15 is 0 Å². The fraction of sp³-hybridized carbons (Fsp3) is 0.524. The summed E-state index contributed by atoms with van der Waals surface area (Å²) < 4.78 is 37.9. The van der Waals surface area contributed by atoms with E-state index in [0.717, 1.165) is 22.3 Å². The number of aromatic nitrogens is 1. The van der Waals surface area contributed by atoms with Crippen LogP contribution in [0.1, 0.15) is 18.9 Å². The number of halogens is 4. The van der Waals surface area contributed by atoms with E-state index in [9.17, 15) is 13.2 Å². The molecule has 1 aliphatic heterocycles. The molecule has 2 N–H and O–H groups in total. The van der Waals surface area contributed by atoms with Crippen LogP contribution in [-0.2, 0) is 6.54 Å². The van der Waals surface area contributed by atoms with Crippen molar-refractivity contribution in [3.63, 3.8) is 0 Å². The van der Waals surface area contributed by atoms with Gasteiger partial charge >= 0.3 is 6.18 Å². The summed E-state index contributed by atoms with van der Waals surface area (Å²) in [6.45, 7) is 3.00. The van der Waals surface area contributed by atoms with E-state index in [4.69, 9.17) is 4.99 Å². The normalized spacial score (nSPS) is 17.5. The molecule has 6 nitrogen and oxygen atoms in total. The molecule has 0 bridgehead atoms. The number of para-hydroxylation sites is 1. The van der Waals surface area contributed by atoms with Crippen molar-refractivity contribution in [2.24, 2.45) is 4.99 Å². The van der Waals surface area contributed by atoms with Gasteiger partial charge in [0, 0.05) is 45.2 Å². The number of fused-ring (bicyclic) bond motifs is 1.